The van der Waals surface area contributed by atoms with Gasteiger partial charge in [0.1, 0.15) is 11.5 Å². The van der Waals surface area contributed by atoms with Gasteiger partial charge in [-0.1, -0.05) is 37.6 Å². The van der Waals surface area contributed by atoms with Crippen LogP contribution in [0.4, 0.5) is 0 Å². The second-order valence-electron chi connectivity index (χ2n) is 4.87. The zero-order chi connectivity index (χ0) is 14.5. The summed E-state index contributed by atoms with van der Waals surface area (Å²) in [5.74, 6) is 2.50. The molecule has 2 aromatic rings. The Morgan fingerprint density at radius 3 is 2.40 bits per heavy atom. The summed E-state index contributed by atoms with van der Waals surface area (Å²) in [6.45, 7) is 4.41. The van der Waals surface area contributed by atoms with E-state index in [0.29, 0.717) is 16.8 Å². The average molecular weight is 309 g/mol. The van der Waals surface area contributed by atoms with Crippen LogP contribution in [-0.2, 0) is 5.88 Å². The number of halogens is 2. The first kappa shape index (κ1) is 15.2. The summed E-state index contributed by atoms with van der Waals surface area (Å²) < 4.78 is 5.88. The molecule has 20 heavy (non-hydrogen) atoms. The van der Waals surface area contributed by atoms with E-state index in [4.69, 9.17) is 27.9 Å². The van der Waals surface area contributed by atoms with Crippen molar-refractivity contribution in [3.8, 4) is 11.5 Å². The number of rotatable bonds is 5. The first-order valence-electron chi connectivity index (χ1n) is 6.76. The molecule has 106 valence electrons. The molecule has 0 saturated heterocycles. The first-order valence-corrected chi connectivity index (χ1v) is 7.67. The van der Waals surface area contributed by atoms with Crippen molar-refractivity contribution >= 4 is 23.2 Å². The number of hydrogen-bond acceptors (Lipinski definition) is 1. The van der Waals surface area contributed by atoms with Gasteiger partial charge < -0.3 is 4.74 Å². The third-order valence-electron chi connectivity index (χ3n) is 3.46. The number of alkyl halides is 1. The van der Waals surface area contributed by atoms with Crippen molar-refractivity contribution in [3.05, 3.63) is 58.6 Å². The summed E-state index contributed by atoms with van der Waals surface area (Å²) in [7, 11) is 0. The SMILES string of the molecule is CCC(C)c1ccc(Oc2ccc(Cl)cc2CCl)cc1. The van der Waals surface area contributed by atoms with Crippen LogP contribution in [0.25, 0.3) is 0 Å². The van der Waals surface area contributed by atoms with Crippen molar-refractivity contribution in [3.63, 3.8) is 0 Å². The predicted octanol–water partition coefficient (Wildman–Crippen LogP) is 6.38. The molecule has 1 unspecified atom stereocenters. The molecule has 0 spiro atoms. The van der Waals surface area contributed by atoms with Gasteiger partial charge in [-0.05, 0) is 48.2 Å². The van der Waals surface area contributed by atoms with Gasteiger partial charge in [-0.15, -0.1) is 11.6 Å². The molecule has 0 radical (unpaired) electrons. The fraction of sp³-hybridized carbons (Fsp3) is 0.294. The van der Waals surface area contributed by atoms with Crippen molar-refractivity contribution in [2.24, 2.45) is 0 Å². The van der Waals surface area contributed by atoms with Crippen LogP contribution >= 0.6 is 23.2 Å². The highest BCUT2D eigenvalue weighted by molar-refractivity contribution is 6.30. The van der Waals surface area contributed by atoms with Crippen LogP contribution in [0, 0.1) is 0 Å². The van der Waals surface area contributed by atoms with Gasteiger partial charge in [-0.2, -0.15) is 0 Å². The third kappa shape index (κ3) is 3.68. The van der Waals surface area contributed by atoms with E-state index < -0.39 is 0 Å². The average Bonchev–Trinajstić information content (AvgIpc) is 2.49. The molecule has 0 fully saturated rings. The quantitative estimate of drug-likeness (QED) is 0.582. The maximum atomic E-state index is 5.96. The molecule has 0 aliphatic rings. The van der Waals surface area contributed by atoms with Gasteiger partial charge in [-0.25, -0.2) is 0 Å². The van der Waals surface area contributed by atoms with Gasteiger partial charge in [0, 0.05) is 10.6 Å². The highest BCUT2D eigenvalue weighted by atomic mass is 35.5. The van der Waals surface area contributed by atoms with Crippen LogP contribution in [-0.4, -0.2) is 0 Å². The molecule has 2 rings (SSSR count). The molecule has 0 heterocycles. The summed E-state index contributed by atoms with van der Waals surface area (Å²) >= 11 is 11.9. The van der Waals surface area contributed by atoms with Crippen molar-refractivity contribution in [1.29, 1.82) is 0 Å². The fourth-order valence-corrected chi connectivity index (χ4v) is 2.38. The summed E-state index contributed by atoms with van der Waals surface area (Å²) in [5.41, 5.74) is 2.22. The van der Waals surface area contributed by atoms with Gasteiger partial charge in [0.05, 0.1) is 5.88 Å². The molecule has 0 bridgehead atoms. The minimum Gasteiger partial charge on any atom is -0.457 e. The first-order chi connectivity index (χ1) is 9.63. The lowest BCUT2D eigenvalue weighted by Gasteiger charge is -2.12. The molecule has 1 nitrogen and oxygen atoms in total. The summed E-state index contributed by atoms with van der Waals surface area (Å²) in [6.07, 6.45) is 1.13. The maximum Gasteiger partial charge on any atom is 0.131 e. The molecule has 0 aliphatic carbocycles. The molecule has 0 N–H and O–H groups in total. The van der Waals surface area contributed by atoms with Crippen molar-refractivity contribution < 1.29 is 4.74 Å². The maximum absolute atomic E-state index is 5.96. The van der Waals surface area contributed by atoms with Gasteiger partial charge in [0.25, 0.3) is 0 Å². The second kappa shape index (κ2) is 7.01. The van der Waals surface area contributed by atoms with Crippen LogP contribution in [0.3, 0.4) is 0 Å². The van der Waals surface area contributed by atoms with E-state index in [2.05, 4.69) is 26.0 Å². The van der Waals surface area contributed by atoms with Gasteiger partial charge in [-0.3, -0.25) is 0 Å². The van der Waals surface area contributed by atoms with Gasteiger partial charge in [0.15, 0.2) is 0 Å². The molecule has 2 aromatic carbocycles. The normalized spacial score (nSPS) is 12.2. The van der Waals surface area contributed by atoms with E-state index >= 15 is 0 Å². The van der Waals surface area contributed by atoms with Crippen LogP contribution in [0.5, 0.6) is 11.5 Å². The largest absolute Gasteiger partial charge is 0.457 e. The summed E-state index contributed by atoms with van der Waals surface area (Å²) in [6, 6.07) is 13.7. The topological polar surface area (TPSA) is 9.23 Å². The Labute approximate surface area is 130 Å². The van der Waals surface area contributed by atoms with E-state index in [1.54, 1.807) is 6.07 Å². The van der Waals surface area contributed by atoms with Crippen molar-refractivity contribution in [2.75, 3.05) is 0 Å². The van der Waals surface area contributed by atoms with Crippen molar-refractivity contribution in [1.82, 2.24) is 0 Å². The Morgan fingerprint density at radius 2 is 1.80 bits per heavy atom. The second-order valence-corrected chi connectivity index (χ2v) is 5.57. The number of ether oxygens (including phenoxy) is 1. The lowest BCUT2D eigenvalue weighted by Crippen LogP contribution is -1.92. The Kier molecular flexibility index (Phi) is 5.33. The minimum absolute atomic E-state index is 0.376. The van der Waals surface area contributed by atoms with Gasteiger partial charge in [0.2, 0.25) is 0 Å². The van der Waals surface area contributed by atoms with Crippen LogP contribution in [0.15, 0.2) is 42.5 Å². The van der Waals surface area contributed by atoms with Crippen LogP contribution in [0.1, 0.15) is 37.3 Å². The molecule has 3 heteroatoms. The molecular weight excluding hydrogens is 291 g/mol. The number of hydrogen-bond donors (Lipinski definition) is 0. The van der Waals surface area contributed by atoms with Crippen LogP contribution < -0.4 is 4.74 Å². The van der Waals surface area contributed by atoms with Gasteiger partial charge >= 0.3 is 0 Å². The lowest BCUT2D eigenvalue weighted by molar-refractivity contribution is 0.478. The molecule has 0 aromatic heterocycles. The van der Waals surface area contributed by atoms with E-state index in [0.717, 1.165) is 23.5 Å². The smallest absolute Gasteiger partial charge is 0.131 e. The Morgan fingerprint density at radius 1 is 1.10 bits per heavy atom. The molecule has 1 atom stereocenters. The van der Waals surface area contributed by atoms with E-state index in [1.165, 1.54) is 5.56 Å². The monoisotopic (exact) mass is 308 g/mol. The minimum atomic E-state index is 0.376. The highest BCUT2D eigenvalue weighted by Crippen LogP contribution is 2.30. The van der Waals surface area contributed by atoms with E-state index in [-0.39, 0.29) is 0 Å². The molecule has 0 aliphatic heterocycles. The van der Waals surface area contributed by atoms with E-state index in [9.17, 15) is 0 Å². The zero-order valence-electron chi connectivity index (χ0n) is 11.7. The molecule has 0 amide bonds. The zero-order valence-corrected chi connectivity index (χ0v) is 13.2. The summed E-state index contributed by atoms with van der Waals surface area (Å²) in [4.78, 5) is 0. The van der Waals surface area contributed by atoms with Crippen molar-refractivity contribution in [2.45, 2.75) is 32.1 Å². The number of benzene rings is 2. The highest BCUT2D eigenvalue weighted by Gasteiger charge is 2.07. The Bertz CT molecular complexity index is 564. The standard InChI is InChI=1S/C17H18Cl2O/c1-3-12(2)13-4-7-16(8-5-13)20-17-9-6-15(19)10-14(17)11-18/h4-10,12H,3,11H2,1-2H3. The fourth-order valence-electron chi connectivity index (χ4n) is 1.98. The van der Waals surface area contributed by atoms with Crippen LogP contribution in [0.2, 0.25) is 5.02 Å². The summed E-state index contributed by atoms with van der Waals surface area (Å²) in [5, 5.41) is 0.667. The predicted molar refractivity (Wildman–Crippen MR) is 86.2 cm³/mol. The van der Waals surface area contributed by atoms with E-state index in [1.807, 2.05) is 24.3 Å². The molecular formula is C17H18Cl2O. The third-order valence-corrected chi connectivity index (χ3v) is 3.98. The Balaban J connectivity index is 2.18. The lowest BCUT2D eigenvalue weighted by atomic mass is 9.99. The Hall–Kier alpha value is -1.18. The molecule has 0 saturated carbocycles.